The van der Waals surface area contributed by atoms with E-state index in [1.165, 1.54) is 0 Å². The Morgan fingerprint density at radius 3 is 2.40 bits per heavy atom. The first-order valence-electron chi connectivity index (χ1n) is 4.75. The summed E-state index contributed by atoms with van der Waals surface area (Å²) >= 11 is 11.8. The fourth-order valence-corrected chi connectivity index (χ4v) is 1.78. The summed E-state index contributed by atoms with van der Waals surface area (Å²) in [6.07, 6.45) is 1.64. The van der Waals surface area contributed by atoms with Gasteiger partial charge in [-0.1, -0.05) is 37.0 Å². The van der Waals surface area contributed by atoms with Gasteiger partial charge in [-0.25, -0.2) is 0 Å². The zero-order chi connectivity index (χ0) is 11.4. The monoisotopic (exact) mass is 242 g/mol. The second kappa shape index (κ2) is 5.29. The third-order valence-corrected chi connectivity index (χ3v) is 2.41. The van der Waals surface area contributed by atoms with Crippen molar-refractivity contribution < 1.29 is 0 Å². The van der Waals surface area contributed by atoms with E-state index in [9.17, 15) is 0 Å². The number of benzene rings is 1. The Morgan fingerprint density at radius 2 is 1.73 bits per heavy atom. The van der Waals surface area contributed by atoms with E-state index >= 15 is 0 Å². The van der Waals surface area contributed by atoms with E-state index < -0.39 is 0 Å². The maximum atomic E-state index is 5.98. The molecule has 1 heterocycles. The molecular formula is C11H12Cl2N2. The smallest absolute Gasteiger partial charge is 0.0679 e. The Balaban J connectivity index is 0.000000531. The van der Waals surface area contributed by atoms with Gasteiger partial charge in [0.15, 0.2) is 0 Å². The quantitative estimate of drug-likeness (QED) is 0.690. The Morgan fingerprint density at radius 1 is 1.07 bits per heavy atom. The highest BCUT2D eigenvalue weighted by molar-refractivity contribution is 6.38. The molecule has 0 aliphatic heterocycles. The second-order valence-corrected chi connectivity index (χ2v) is 3.62. The van der Waals surface area contributed by atoms with E-state index in [0.717, 1.165) is 16.5 Å². The lowest BCUT2D eigenvalue weighted by Gasteiger charge is -2.02. The average Bonchev–Trinajstić information content (AvgIpc) is 2.23. The number of halogens is 2. The fraction of sp³-hybridized carbons (Fsp3) is 0.273. The van der Waals surface area contributed by atoms with Gasteiger partial charge in [-0.3, -0.25) is 0 Å². The van der Waals surface area contributed by atoms with Crippen molar-refractivity contribution in [1.82, 2.24) is 10.2 Å². The molecule has 0 N–H and O–H groups in total. The minimum Gasteiger partial charge on any atom is -0.158 e. The molecule has 0 unspecified atom stereocenters. The third-order valence-electron chi connectivity index (χ3n) is 1.88. The van der Waals surface area contributed by atoms with Crippen LogP contribution in [0.15, 0.2) is 18.3 Å². The number of hydrogen-bond donors (Lipinski definition) is 0. The lowest BCUT2D eigenvalue weighted by atomic mass is 10.1. The zero-order valence-electron chi connectivity index (χ0n) is 8.88. The van der Waals surface area contributed by atoms with Crippen molar-refractivity contribution in [1.29, 1.82) is 0 Å². The Kier molecular flexibility index (Phi) is 4.30. The van der Waals surface area contributed by atoms with Crippen LogP contribution in [0.1, 0.15) is 19.5 Å². The predicted octanol–water partition coefficient (Wildman–Crippen LogP) is 4.27. The molecule has 80 valence electrons. The average molecular weight is 243 g/mol. The van der Waals surface area contributed by atoms with Crippen LogP contribution >= 0.6 is 23.2 Å². The molecule has 4 heteroatoms. The third kappa shape index (κ3) is 2.58. The lowest BCUT2D eigenvalue weighted by Crippen LogP contribution is -1.88. The first-order chi connectivity index (χ1) is 7.18. The van der Waals surface area contributed by atoms with Gasteiger partial charge in [0.1, 0.15) is 0 Å². The molecule has 0 radical (unpaired) electrons. The number of aromatic nitrogens is 2. The van der Waals surface area contributed by atoms with Crippen molar-refractivity contribution in [2.24, 2.45) is 0 Å². The van der Waals surface area contributed by atoms with Crippen molar-refractivity contribution in [3.63, 3.8) is 0 Å². The summed E-state index contributed by atoms with van der Waals surface area (Å²) in [5.41, 5.74) is 0.835. The van der Waals surface area contributed by atoms with Crippen LogP contribution in [0.3, 0.4) is 0 Å². The van der Waals surface area contributed by atoms with E-state index in [1.54, 1.807) is 12.3 Å². The van der Waals surface area contributed by atoms with Gasteiger partial charge in [0.05, 0.1) is 16.9 Å². The molecule has 1 aromatic carbocycles. The van der Waals surface area contributed by atoms with Gasteiger partial charge in [0.25, 0.3) is 0 Å². The number of fused-ring (bicyclic) bond motifs is 1. The maximum Gasteiger partial charge on any atom is 0.0679 e. The SMILES string of the molecule is CC.Cc1nncc2c(Cl)cc(Cl)cc12. The van der Waals surface area contributed by atoms with Crippen LogP contribution in [0.5, 0.6) is 0 Å². The molecule has 0 atom stereocenters. The van der Waals surface area contributed by atoms with Crippen LogP contribution in [0.4, 0.5) is 0 Å². The molecule has 0 amide bonds. The van der Waals surface area contributed by atoms with Crippen molar-refractivity contribution >= 4 is 34.0 Å². The molecule has 0 aliphatic carbocycles. The molecule has 0 fully saturated rings. The zero-order valence-corrected chi connectivity index (χ0v) is 10.4. The molecular weight excluding hydrogens is 231 g/mol. The number of nitrogens with zero attached hydrogens (tertiary/aromatic N) is 2. The standard InChI is InChI=1S/C9H6Cl2N2.C2H6/c1-5-7-2-6(10)3-9(11)8(7)4-12-13-5;1-2/h2-4H,1H3;1-2H3. The summed E-state index contributed by atoms with van der Waals surface area (Å²) in [5, 5.41) is 10.8. The predicted molar refractivity (Wildman–Crippen MR) is 65.6 cm³/mol. The van der Waals surface area contributed by atoms with Crippen LogP contribution in [-0.4, -0.2) is 10.2 Å². The van der Waals surface area contributed by atoms with Gasteiger partial charge in [-0.2, -0.15) is 10.2 Å². The van der Waals surface area contributed by atoms with Gasteiger partial charge >= 0.3 is 0 Å². The molecule has 2 aromatic rings. The summed E-state index contributed by atoms with van der Waals surface area (Å²) in [5.74, 6) is 0. The molecule has 2 nitrogen and oxygen atoms in total. The van der Waals surface area contributed by atoms with E-state index in [-0.39, 0.29) is 0 Å². The van der Waals surface area contributed by atoms with E-state index in [2.05, 4.69) is 10.2 Å². The first kappa shape index (κ1) is 12.2. The van der Waals surface area contributed by atoms with Crippen LogP contribution < -0.4 is 0 Å². The Hall–Kier alpha value is -0.860. The van der Waals surface area contributed by atoms with Crippen molar-refractivity contribution in [2.75, 3.05) is 0 Å². The van der Waals surface area contributed by atoms with E-state index in [1.807, 2.05) is 26.8 Å². The summed E-state index contributed by atoms with van der Waals surface area (Å²) in [4.78, 5) is 0. The Labute approximate surface area is 99.2 Å². The van der Waals surface area contributed by atoms with Crippen LogP contribution in [0.25, 0.3) is 10.8 Å². The summed E-state index contributed by atoms with van der Waals surface area (Å²) in [6, 6.07) is 3.54. The summed E-state index contributed by atoms with van der Waals surface area (Å²) in [6.45, 7) is 5.88. The minimum absolute atomic E-state index is 0.612. The topological polar surface area (TPSA) is 25.8 Å². The minimum atomic E-state index is 0.612. The molecule has 2 rings (SSSR count). The van der Waals surface area contributed by atoms with Crippen LogP contribution in [0, 0.1) is 6.92 Å². The number of rotatable bonds is 0. The van der Waals surface area contributed by atoms with Crippen molar-refractivity contribution in [3.8, 4) is 0 Å². The van der Waals surface area contributed by atoms with Crippen molar-refractivity contribution in [3.05, 3.63) is 34.1 Å². The Bertz CT molecular complexity index is 469. The highest BCUT2D eigenvalue weighted by Gasteiger charge is 2.04. The second-order valence-electron chi connectivity index (χ2n) is 2.78. The molecule has 0 spiro atoms. The molecule has 0 saturated heterocycles. The molecule has 0 bridgehead atoms. The van der Waals surface area contributed by atoms with E-state index in [0.29, 0.717) is 10.0 Å². The highest BCUT2D eigenvalue weighted by Crippen LogP contribution is 2.27. The molecule has 1 aromatic heterocycles. The number of aryl methyl sites for hydroxylation is 1. The van der Waals surface area contributed by atoms with Gasteiger partial charge in [0.2, 0.25) is 0 Å². The number of hydrogen-bond acceptors (Lipinski definition) is 2. The van der Waals surface area contributed by atoms with Gasteiger partial charge in [0, 0.05) is 15.8 Å². The van der Waals surface area contributed by atoms with Crippen molar-refractivity contribution in [2.45, 2.75) is 20.8 Å². The largest absolute Gasteiger partial charge is 0.158 e. The van der Waals surface area contributed by atoms with Gasteiger partial charge < -0.3 is 0 Å². The van der Waals surface area contributed by atoms with Gasteiger partial charge in [-0.05, 0) is 19.1 Å². The van der Waals surface area contributed by atoms with E-state index in [4.69, 9.17) is 23.2 Å². The summed E-state index contributed by atoms with van der Waals surface area (Å²) in [7, 11) is 0. The normalized spacial score (nSPS) is 9.67. The van der Waals surface area contributed by atoms with Crippen LogP contribution in [0.2, 0.25) is 10.0 Å². The van der Waals surface area contributed by atoms with Gasteiger partial charge in [-0.15, -0.1) is 0 Å². The molecule has 0 aliphatic rings. The summed E-state index contributed by atoms with van der Waals surface area (Å²) < 4.78 is 0. The fourth-order valence-electron chi connectivity index (χ4n) is 1.24. The molecule has 0 saturated carbocycles. The maximum absolute atomic E-state index is 5.98. The van der Waals surface area contributed by atoms with Crippen LogP contribution in [-0.2, 0) is 0 Å². The molecule has 15 heavy (non-hydrogen) atoms. The highest BCUT2D eigenvalue weighted by atomic mass is 35.5. The first-order valence-corrected chi connectivity index (χ1v) is 5.51. The lowest BCUT2D eigenvalue weighted by molar-refractivity contribution is 1.00.